The number of ether oxygens (including phenoxy) is 5. The standard InChI is InChI=1S/C26H28N2O4.C22H22N2O2.C4H7BrO2/c1-3-30-26(29)18-31-24-15-21(20-7-5-4-6-8-20)10-11-23(24)28-14-13-22(17-28)32-25-12-9-19(2)16-27-25;1-16-7-10-22(23-14-16)26-19-11-12-24(15-19)20-9-8-18(13-21(20)25)17-5-3-2-4-6-17;1-2-7-4(6)3-5/h4-12,15-16,22H,3,13-14,17-18H2,1-2H3;2-10,13-14,19,25H,11-12,15H2,1H3;2-3H2,1H3/t22-;19-;/m00./s1. The Balaban J connectivity index is 0.000000191. The van der Waals surface area contributed by atoms with E-state index in [2.05, 4.69) is 70.8 Å². The van der Waals surface area contributed by atoms with Gasteiger partial charge in [0, 0.05) is 50.5 Å². The van der Waals surface area contributed by atoms with Crippen molar-refractivity contribution >= 4 is 39.2 Å². The Kier molecular flexibility index (Phi) is 18.0. The molecule has 0 bridgehead atoms. The molecule has 4 aromatic carbocycles. The third-order valence-corrected chi connectivity index (χ3v) is 11.0. The number of aryl methyl sites for hydroxylation is 2. The van der Waals surface area contributed by atoms with Gasteiger partial charge < -0.3 is 38.6 Å². The summed E-state index contributed by atoms with van der Waals surface area (Å²) >= 11 is 2.94. The molecule has 0 radical (unpaired) electrons. The molecule has 340 valence electrons. The van der Waals surface area contributed by atoms with E-state index < -0.39 is 0 Å². The molecule has 2 atom stereocenters. The zero-order valence-corrected chi connectivity index (χ0v) is 39.0. The molecule has 12 nitrogen and oxygen atoms in total. The number of alkyl halides is 1. The highest BCUT2D eigenvalue weighted by Crippen LogP contribution is 2.37. The van der Waals surface area contributed by atoms with Crippen molar-refractivity contribution in [3.05, 3.63) is 145 Å². The number of pyridine rings is 2. The number of hydrogen-bond donors (Lipinski definition) is 1. The minimum Gasteiger partial charge on any atom is -0.506 e. The first-order chi connectivity index (χ1) is 31.6. The number of hydrogen-bond acceptors (Lipinski definition) is 12. The summed E-state index contributed by atoms with van der Waals surface area (Å²) in [4.78, 5) is 35.1. The van der Waals surface area contributed by atoms with E-state index in [1.165, 1.54) is 0 Å². The molecule has 2 saturated heterocycles. The molecule has 0 spiro atoms. The highest BCUT2D eigenvalue weighted by molar-refractivity contribution is 9.09. The first kappa shape index (κ1) is 47.9. The van der Waals surface area contributed by atoms with Gasteiger partial charge in [-0.3, -0.25) is 4.79 Å². The Morgan fingerprint density at radius 3 is 1.58 bits per heavy atom. The highest BCUT2D eigenvalue weighted by atomic mass is 79.9. The smallest absolute Gasteiger partial charge is 0.344 e. The van der Waals surface area contributed by atoms with E-state index in [-0.39, 0.29) is 30.8 Å². The van der Waals surface area contributed by atoms with Crippen LogP contribution in [0.1, 0.15) is 37.8 Å². The Hall–Kier alpha value is -6.60. The van der Waals surface area contributed by atoms with Crippen molar-refractivity contribution in [2.75, 3.05) is 61.1 Å². The number of phenols is 1. The molecule has 2 fully saturated rings. The SMILES string of the molecule is CCOC(=O)CBr.CCOC(=O)COc1cc(-c2ccccc2)ccc1N1CC[C@H](Oc2ccc(C)cn2)C1.Cc1ccc(O[C@H]2CCN(c3ccc(-c4ccccc4)cc3O)C2)nc1. The quantitative estimate of drug-likeness (QED) is 0.0824. The molecule has 4 heterocycles. The summed E-state index contributed by atoms with van der Waals surface area (Å²) in [6, 6.07) is 40.0. The second-order valence-corrected chi connectivity index (χ2v) is 16.0. The van der Waals surface area contributed by atoms with Crippen LogP contribution in [0.15, 0.2) is 134 Å². The van der Waals surface area contributed by atoms with Crippen molar-refractivity contribution in [1.29, 1.82) is 0 Å². The minimum atomic E-state index is -0.378. The lowest BCUT2D eigenvalue weighted by molar-refractivity contribution is -0.145. The van der Waals surface area contributed by atoms with Crippen LogP contribution >= 0.6 is 15.9 Å². The van der Waals surface area contributed by atoms with Gasteiger partial charge in [0.2, 0.25) is 11.8 Å². The Morgan fingerprint density at radius 2 is 1.12 bits per heavy atom. The van der Waals surface area contributed by atoms with Crippen LogP contribution in [0.2, 0.25) is 0 Å². The van der Waals surface area contributed by atoms with Gasteiger partial charge in [0.1, 0.15) is 29.0 Å². The molecule has 0 unspecified atom stereocenters. The molecular weight excluding hydrogens is 888 g/mol. The third-order valence-electron chi connectivity index (χ3n) is 10.5. The average molecular weight is 946 g/mol. The van der Waals surface area contributed by atoms with Crippen LogP contribution in [0.3, 0.4) is 0 Å². The second-order valence-electron chi connectivity index (χ2n) is 15.4. The maximum absolute atomic E-state index is 11.9. The molecule has 8 rings (SSSR count). The molecule has 6 aromatic rings. The van der Waals surface area contributed by atoms with Crippen LogP contribution in [-0.2, 0) is 19.1 Å². The number of anilines is 2. The van der Waals surface area contributed by atoms with Crippen LogP contribution < -0.4 is 24.0 Å². The summed E-state index contributed by atoms with van der Waals surface area (Å²) < 4.78 is 27.5. The van der Waals surface area contributed by atoms with Crippen LogP contribution in [0, 0.1) is 13.8 Å². The maximum atomic E-state index is 11.9. The molecule has 13 heteroatoms. The fourth-order valence-electron chi connectivity index (χ4n) is 7.32. The summed E-state index contributed by atoms with van der Waals surface area (Å²) in [5.74, 6) is 1.68. The molecule has 0 saturated carbocycles. The van der Waals surface area contributed by atoms with E-state index in [9.17, 15) is 14.7 Å². The van der Waals surface area contributed by atoms with Crippen molar-refractivity contribution < 1.29 is 38.4 Å². The number of carbonyl (C=O) groups is 2. The van der Waals surface area contributed by atoms with E-state index in [4.69, 9.17) is 18.9 Å². The van der Waals surface area contributed by atoms with E-state index in [0.717, 1.165) is 83.8 Å². The van der Waals surface area contributed by atoms with E-state index in [1.807, 2.05) is 117 Å². The first-order valence-corrected chi connectivity index (χ1v) is 23.0. The number of esters is 2. The topological polar surface area (TPSA) is 133 Å². The number of halogens is 1. The van der Waals surface area contributed by atoms with E-state index >= 15 is 0 Å². The Labute approximate surface area is 390 Å². The third kappa shape index (κ3) is 14.5. The predicted molar refractivity (Wildman–Crippen MR) is 258 cm³/mol. The Morgan fingerprint density at radius 1 is 0.631 bits per heavy atom. The van der Waals surface area contributed by atoms with Gasteiger partial charge in [0.15, 0.2) is 6.61 Å². The molecule has 1 N–H and O–H groups in total. The summed E-state index contributed by atoms with van der Waals surface area (Å²) in [6.07, 6.45) is 5.54. The number of phenolic OH excluding ortho intramolecular Hbond substituents is 1. The lowest BCUT2D eigenvalue weighted by Gasteiger charge is -2.23. The van der Waals surface area contributed by atoms with Crippen LogP contribution in [0.25, 0.3) is 22.3 Å². The summed E-state index contributed by atoms with van der Waals surface area (Å²) in [5, 5.41) is 10.8. The van der Waals surface area contributed by atoms with E-state index in [1.54, 1.807) is 13.8 Å². The van der Waals surface area contributed by atoms with Crippen molar-refractivity contribution in [2.24, 2.45) is 0 Å². The number of aromatic hydroxyl groups is 1. The van der Waals surface area contributed by atoms with Crippen molar-refractivity contribution in [3.8, 4) is 45.5 Å². The normalized spacial score (nSPS) is 15.2. The van der Waals surface area contributed by atoms with Gasteiger partial charge in [-0.1, -0.05) is 101 Å². The lowest BCUT2D eigenvalue weighted by Crippen LogP contribution is -2.25. The maximum Gasteiger partial charge on any atom is 0.344 e. The molecule has 2 aromatic heterocycles. The first-order valence-electron chi connectivity index (χ1n) is 21.9. The summed E-state index contributed by atoms with van der Waals surface area (Å²) in [5.41, 5.74) is 8.26. The van der Waals surface area contributed by atoms with Gasteiger partial charge in [-0.05, 0) is 85.3 Å². The zero-order valence-electron chi connectivity index (χ0n) is 37.4. The number of benzene rings is 4. The van der Waals surface area contributed by atoms with Crippen LogP contribution in [0.4, 0.5) is 11.4 Å². The summed E-state index contributed by atoms with van der Waals surface area (Å²) in [6.45, 7) is 11.4. The average Bonchev–Trinajstić information content (AvgIpc) is 4.01. The summed E-state index contributed by atoms with van der Waals surface area (Å²) in [7, 11) is 0. The molecular formula is C52H57BrN4O8. The number of aromatic nitrogens is 2. The van der Waals surface area contributed by atoms with Gasteiger partial charge >= 0.3 is 11.9 Å². The minimum absolute atomic E-state index is 0.0388. The monoisotopic (exact) mass is 944 g/mol. The van der Waals surface area contributed by atoms with Crippen LogP contribution in [0.5, 0.6) is 23.3 Å². The predicted octanol–water partition coefficient (Wildman–Crippen LogP) is 10.0. The molecule has 2 aliphatic rings. The number of nitrogens with zero attached hydrogens (tertiary/aromatic N) is 4. The fourth-order valence-corrected chi connectivity index (χ4v) is 7.48. The number of rotatable bonds is 14. The fraction of sp³-hybridized carbons (Fsp3) is 0.308. The van der Waals surface area contributed by atoms with Crippen molar-refractivity contribution in [3.63, 3.8) is 0 Å². The zero-order chi connectivity index (χ0) is 46.0. The van der Waals surface area contributed by atoms with Gasteiger partial charge in [0.05, 0.1) is 37.7 Å². The van der Waals surface area contributed by atoms with Gasteiger partial charge in [-0.15, -0.1) is 0 Å². The van der Waals surface area contributed by atoms with Gasteiger partial charge in [-0.2, -0.15) is 0 Å². The highest BCUT2D eigenvalue weighted by Gasteiger charge is 2.28. The molecule has 0 aliphatic carbocycles. The van der Waals surface area contributed by atoms with Crippen molar-refractivity contribution in [1.82, 2.24) is 9.97 Å². The van der Waals surface area contributed by atoms with Gasteiger partial charge in [0.25, 0.3) is 0 Å². The van der Waals surface area contributed by atoms with E-state index in [0.29, 0.717) is 41.8 Å². The Bertz CT molecular complexity index is 2410. The number of carbonyl (C=O) groups excluding carboxylic acids is 2. The van der Waals surface area contributed by atoms with Gasteiger partial charge in [-0.25, -0.2) is 14.8 Å². The molecule has 65 heavy (non-hydrogen) atoms. The second kappa shape index (κ2) is 24.5. The lowest BCUT2D eigenvalue weighted by atomic mass is 10.0. The van der Waals surface area contributed by atoms with Crippen LogP contribution in [-0.4, -0.2) is 90.6 Å². The largest absolute Gasteiger partial charge is 0.506 e. The van der Waals surface area contributed by atoms with Crippen molar-refractivity contribution in [2.45, 2.75) is 52.7 Å². The molecule has 0 amide bonds. The molecule has 2 aliphatic heterocycles.